The number of fused-ring (bicyclic) bond motifs is 1. The van der Waals surface area contributed by atoms with E-state index >= 15 is 0 Å². The van der Waals surface area contributed by atoms with E-state index in [1.807, 2.05) is 24.3 Å². The highest BCUT2D eigenvalue weighted by Gasteiger charge is 2.23. The third-order valence-electron chi connectivity index (χ3n) is 4.47. The van der Waals surface area contributed by atoms with Crippen LogP contribution in [-0.2, 0) is 19.4 Å². The van der Waals surface area contributed by atoms with Crippen molar-refractivity contribution in [3.05, 3.63) is 71.4 Å². The maximum atomic E-state index is 8.86. The van der Waals surface area contributed by atoms with Crippen LogP contribution < -0.4 is 5.32 Å². The molecule has 3 aromatic rings. The van der Waals surface area contributed by atoms with Crippen molar-refractivity contribution in [2.75, 3.05) is 5.32 Å². The second kappa shape index (κ2) is 6.73. The van der Waals surface area contributed by atoms with Gasteiger partial charge in [0.25, 0.3) is 0 Å². The largest absolute Gasteiger partial charge is 0.366 e. The van der Waals surface area contributed by atoms with Gasteiger partial charge in [-0.15, -0.1) is 10.2 Å². The van der Waals surface area contributed by atoms with Gasteiger partial charge in [0.15, 0.2) is 0 Å². The number of hydrogen-bond donors (Lipinski definition) is 1. The first kappa shape index (κ1) is 15.3. The van der Waals surface area contributed by atoms with E-state index in [2.05, 4.69) is 43.3 Å². The molecule has 1 atom stereocenters. The van der Waals surface area contributed by atoms with Crippen molar-refractivity contribution in [2.24, 2.45) is 0 Å². The summed E-state index contributed by atoms with van der Waals surface area (Å²) in [5.41, 5.74) is 1.81. The molecule has 2 aromatic heterocycles. The summed E-state index contributed by atoms with van der Waals surface area (Å²) < 4.78 is 2.22. The number of nitrogens with one attached hydrogen (secondary N) is 1. The fourth-order valence-electron chi connectivity index (χ4n) is 3.16. The van der Waals surface area contributed by atoms with Gasteiger partial charge in [0.1, 0.15) is 23.5 Å². The Bertz CT molecular complexity index is 892. The Kier molecular flexibility index (Phi) is 4.13. The van der Waals surface area contributed by atoms with Gasteiger partial charge in [-0.05, 0) is 24.1 Å². The Labute approximate surface area is 146 Å². The molecule has 0 amide bonds. The van der Waals surface area contributed by atoms with Crippen molar-refractivity contribution >= 4 is 5.82 Å². The molecule has 1 aliphatic heterocycles. The van der Waals surface area contributed by atoms with Crippen molar-refractivity contribution < 1.29 is 0 Å². The van der Waals surface area contributed by atoms with E-state index in [0.717, 1.165) is 43.3 Å². The van der Waals surface area contributed by atoms with E-state index in [1.165, 1.54) is 5.56 Å². The van der Waals surface area contributed by atoms with Gasteiger partial charge in [-0.2, -0.15) is 5.26 Å². The van der Waals surface area contributed by atoms with Gasteiger partial charge in [0, 0.05) is 31.6 Å². The minimum atomic E-state index is 0.276. The lowest BCUT2D eigenvalue weighted by Crippen LogP contribution is -2.32. The zero-order valence-corrected chi connectivity index (χ0v) is 13.8. The van der Waals surface area contributed by atoms with Gasteiger partial charge < -0.3 is 9.88 Å². The van der Waals surface area contributed by atoms with Crippen LogP contribution in [0, 0.1) is 11.3 Å². The molecule has 0 saturated heterocycles. The predicted octanol–water partition coefficient (Wildman–Crippen LogP) is 2.56. The van der Waals surface area contributed by atoms with E-state index in [0.29, 0.717) is 5.56 Å². The van der Waals surface area contributed by atoms with Crippen molar-refractivity contribution in [1.82, 2.24) is 19.7 Å². The first-order valence-electron chi connectivity index (χ1n) is 8.39. The van der Waals surface area contributed by atoms with Crippen molar-refractivity contribution in [3.8, 4) is 6.07 Å². The summed E-state index contributed by atoms with van der Waals surface area (Å²) >= 11 is 0. The zero-order chi connectivity index (χ0) is 17.1. The summed E-state index contributed by atoms with van der Waals surface area (Å²) in [5.74, 6) is 2.85. The number of rotatable bonds is 4. The molecule has 4 rings (SSSR count). The molecule has 0 bridgehead atoms. The molecule has 1 unspecified atom stereocenters. The summed E-state index contributed by atoms with van der Waals surface area (Å²) in [6.45, 7) is 0.826. The maximum Gasteiger partial charge on any atom is 0.137 e. The molecular formula is C19H18N6. The number of anilines is 1. The minimum Gasteiger partial charge on any atom is -0.366 e. The summed E-state index contributed by atoms with van der Waals surface area (Å²) in [6, 6.07) is 16.3. The third-order valence-corrected chi connectivity index (χ3v) is 4.47. The molecule has 0 fully saturated rings. The number of nitrogens with zero attached hydrogens (tertiary/aromatic N) is 5. The van der Waals surface area contributed by atoms with E-state index in [9.17, 15) is 0 Å². The molecule has 1 aromatic carbocycles. The molecule has 1 N–H and O–H groups in total. The van der Waals surface area contributed by atoms with Gasteiger partial charge in [-0.3, -0.25) is 0 Å². The Morgan fingerprint density at radius 1 is 1.16 bits per heavy atom. The van der Waals surface area contributed by atoms with Crippen molar-refractivity contribution in [1.29, 1.82) is 5.26 Å². The molecule has 1 aliphatic rings. The second-order valence-electron chi connectivity index (χ2n) is 6.23. The number of hydrogen-bond acceptors (Lipinski definition) is 5. The van der Waals surface area contributed by atoms with Crippen LogP contribution >= 0.6 is 0 Å². The van der Waals surface area contributed by atoms with Crippen molar-refractivity contribution in [3.63, 3.8) is 0 Å². The first-order valence-corrected chi connectivity index (χ1v) is 8.39. The van der Waals surface area contributed by atoms with Gasteiger partial charge in [0.2, 0.25) is 0 Å². The molecule has 3 heterocycles. The van der Waals surface area contributed by atoms with Gasteiger partial charge >= 0.3 is 0 Å². The average Bonchev–Trinajstić information content (AvgIpc) is 3.05. The van der Waals surface area contributed by atoms with Crippen LogP contribution in [0.5, 0.6) is 0 Å². The van der Waals surface area contributed by atoms with Crippen LogP contribution in [0.2, 0.25) is 0 Å². The quantitative estimate of drug-likeness (QED) is 0.795. The maximum absolute atomic E-state index is 8.86. The Hall–Kier alpha value is -3.20. The summed E-state index contributed by atoms with van der Waals surface area (Å²) in [7, 11) is 0. The summed E-state index contributed by atoms with van der Waals surface area (Å²) in [4.78, 5) is 4.30. The summed E-state index contributed by atoms with van der Waals surface area (Å²) in [5, 5.41) is 21.1. The smallest absolute Gasteiger partial charge is 0.137 e. The second-order valence-corrected chi connectivity index (χ2v) is 6.23. The topological polar surface area (TPSA) is 79.4 Å². The Balaban J connectivity index is 1.48. The average molecular weight is 330 g/mol. The van der Waals surface area contributed by atoms with Gasteiger partial charge in [-0.1, -0.05) is 30.3 Å². The fourth-order valence-corrected chi connectivity index (χ4v) is 3.16. The molecule has 124 valence electrons. The molecule has 25 heavy (non-hydrogen) atoms. The lowest BCUT2D eigenvalue weighted by molar-refractivity contribution is 0.466. The molecule has 0 radical (unpaired) electrons. The van der Waals surface area contributed by atoms with Crippen LogP contribution in [0.1, 0.15) is 29.2 Å². The van der Waals surface area contributed by atoms with E-state index in [-0.39, 0.29) is 6.04 Å². The lowest BCUT2D eigenvalue weighted by Gasteiger charge is -2.25. The number of aromatic nitrogens is 4. The normalized spacial score (nSPS) is 16.0. The van der Waals surface area contributed by atoms with Crippen LogP contribution in [0.4, 0.5) is 5.82 Å². The zero-order valence-electron chi connectivity index (χ0n) is 13.8. The van der Waals surface area contributed by atoms with Crippen LogP contribution in [-0.4, -0.2) is 25.8 Å². The van der Waals surface area contributed by atoms with Crippen molar-refractivity contribution in [2.45, 2.75) is 31.8 Å². The highest BCUT2D eigenvalue weighted by molar-refractivity contribution is 5.40. The first-order chi connectivity index (χ1) is 12.3. The molecule has 6 nitrogen and oxygen atoms in total. The molecule has 0 saturated carbocycles. The number of benzene rings is 1. The molecular weight excluding hydrogens is 312 g/mol. The highest BCUT2D eigenvalue weighted by atomic mass is 15.3. The molecule has 0 aliphatic carbocycles. The third kappa shape index (κ3) is 3.36. The lowest BCUT2D eigenvalue weighted by atomic mass is 10.1. The van der Waals surface area contributed by atoms with E-state index in [4.69, 9.17) is 5.26 Å². The standard InChI is InChI=1S/C19H18N6/c20-11-15-6-8-17(21-12-15)22-16-7-9-18-23-24-19(25(18)13-16)10-14-4-2-1-3-5-14/h1-6,8,12,16H,7,9-10,13H2,(H,21,22). The Morgan fingerprint density at radius 3 is 2.80 bits per heavy atom. The monoisotopic (exact) mass is 330 g/mol. The number of nitriles is 1. The van der Waals surface area contributed by atoms with Crippen LogP contribution in [0.15, 0.2) is 48.7 Å². The van der Waals surface area contributed by atoms with Gasteiger partial charge in [-0.25, -0.2) is 4.98 Å². The number of aryl methyl sites for hydroxylation is 1. The minimum absolute atomic E-state index is 0.276. The highest BCUT2D eigenvalue weighted by Crippen LogP contribution is 2.20. The SMILES string of the molecule is N#Cc1ccc(NC2CCc3nnc(Cc4ccccc4)n3C2)nc1. The van der Waals surface area contributed by atoms with Crippen LogP contribution in [0.25, 0.3) is 0 Å². The van der Waals surface area contributed by atoms with Crippen LogP contribution in [0.3, 0.4) is 0 Å². The number of pyridine rings is 1. The van der Waals surface area contributed by atoms with E-state index in [1.54, 1.807) is 12.3 Å². The summed E-state index contributed by atoms with van der Waals surface area (Å²) in [6.07, 6.45) is 4.27. The van der Waals surface area contributed by atoms with Gasteiger partial charge in [0.05, 0.1) is 5.56 Å². The predicted molar refractivity (Wildman–Crippen MR) is 94.0 cm³/mol. The molecule has 0 spiro atoms. The molecule has 6 heteroatoms. The fraction of sp³-hybridized carbons (Fsp3) is 0.263. The van der Waals surface area contributed by atoms with E-state index < -0.39 is 0 Å². The Morgan fingerprint density at radius 2 is 2.04 bits per heavy atom.